The number of hydrogen-bond acceptors (Lipinski definition) is 1. The molecule has 0 saturated heterocycles. The molecule has 27 heteroatoms. The van der Waals surface area contributed by atoms with Gasteiger partial charge >= 0.3 is 49.4 Å². The molecular formula is C46H33BF24OS. The second kappa shape index (κ2) is 20.0. The van der Waals surface area contributed by atoms with Crippen LogP contribution in [0.5, 0.6) is 0 Å². The lowest BCUT2D eigenvalue weighted by atomic mass is 9.12. The van der Waals surface area contributed by atoms with Gasteiger partial charge in [0.05, 0.1) is 57.0 Å². The van der Waals surface area contributed by atoms with Crippen molar-refractivity contribution in [2.24, 2.45) is 0 Å². The molecule has 0 heterocycles. The van der Waals surface area contributed by atoms with E-state index in [2.05, 4.69) is 45.4 Å². The van der Waals surface area contributed by atoms with Crippen LogP contribution < -0.4 is 21.9 Å². The van der Waals surface area contributed by atoms with Gasteiger partial charge in [-0.3, -0.25) is 4.79 Å². The van der Waals surface area contributed by atoms with Crippen LogP contribution in [0.4, 0.5) is 105 Å². The van der Waals surface area contributed by atoms with Gasteiger partial charge in [-0.15, -0.1) is 0 Å². The minimum absolute atomic E-state index is 0.154. The van der Waals surface area contributed by atoms with Crippen molar-refractivity contribution in [3.63, 3.8) is 0 Å². The minimum Gasteiger partial charge on any atom is -0.289 e. The van der Waals surface area contributed by atoms with Crippen LogP contribution in [0.25, 0.3) is 0 Å². The summed E-state index contributed by atoms with van der Waals surface area (Å²) in [4.78, 5) is 11.8. The Morgan fingerprint density at radius 1 is 0.342 bits per heavy atom. The van der Waals surface area contributed by atoms with Crippen molar-refractivity contribution in [3.05, 3.63) is 153 Å². The summed E-state index contributed by atoms with van der Waals surface area (Å²) in [6.45, 7) is 6.54. The molecule has 0 aliphatic heterocycles. The van der Waals surface area contributed by atoms with E-state index in [0.29, 0.717) is 5.75 Å². The monoisotopic (exact) mass is 1100 g/mol. The van der Waals surface area contributed by atoms with E-state index in [1.54, 1.807) is 0 Å². The maximum Gasteiger partial charge on any atom is 0.416 e. The number of Topliss-reactive ketones (excluding diaryl/α,β-unsaturated/α-hetero) is 1. The normalized spacial score (nSPS) is 13.8. The third kappa shape index (κ3) is 14.4. The van der Waals surface area contributed by atoms with Gasteiger partial charge in [0.1, 0.15) is 6.15 Å². The Morgan fingerprint density at radius 2 is 0.534 bits per heavy atom. The molecule has 0 atom stereocenters. The molecule has 0 unspecified atom stereocenters. The van der Waals surface area contributed by atoms with E-state index >= 15 is 0 Å². The van der Waals surface area contributed by atoms with Gasteiger partial charge in [-0.1, -0.05) is 93.6 Å². The zero-order valence-electron chi connectivity index (χ0n) is 37.4. The molecule has 0 spiro atoms. The van der Waals surface area contributed by atoms with Crippen LogP contribution in [0, 0.1) is 0 Å². The molecule has 0 saturated carbocycles. The minimum atomic E-state index is -6.13. The Hall–Kier alpha value is -5.50. The lowest BCUT2D eigenvalue weighted by Crippen LogP contribution is -2.75. The van der Waals surface area contributed by atoms with E-state index < -0.39 is 195 Å². The van der Waals surface area contributed by atoms with Crippen LogP contribution in [0.1, 0.15) is 81.2 Å². The first-order chi connectivity index (χ1) is 32.6. The highest BCUT2D eigenvalue weighted by atomic mass is 32.2. The average molecular weight is 1100 g/mol. The number of hydrogen-bond donors (Lipinski definition) is 0. The second-order valence-corrected chi connectivity index (χ2v) is 19.9. The molecule has 0 radical (unpaired) electrons. The molecule has 5 aromatic carbocycles. The molecule has 1 nitrogen and oxygen atoms in total. The molecule has 5 rings (SSSR count). The standard InChI is InChI=1S/C32H12BF24.C14H21OS/c34-25(35,36)13-1-14(26(37,38)39)6-21(5-13)33(22-7-15(27(40,41)42)2-16(8-22)28(43,44)45,23-9-17(29(46,47)48)3-18(10-23)30(49,50)51)24-11-19(31(52,53)54)4-20(12-24)32(55,56)57;1-14(2,3)12-8-6-11(7-9-12)13(15)10-16(4)5/h1-12H;6-9H,10H2,1-5H3/q-1;+1. The Labute approximate surface area is 400 Å². The summed E-state index contributed by atoms with van der Waals surface area (Å²) in [5.74, 6) is 0.920. The maximum absolute atomic E-state index is 14.2. The van der Waals surface area contributed by atoms with E-state index in [1.807, 2.05) is 12.1 Å². The van der Waals surface area contributed by atoms with Crippen molar-refractivity contribution in [3.8, 4) is 0 Å². The van der Waals surface area contributed by atoms with E-state index in [0.717, 1.165) is 5.56 Å². The van der Waals surface area contributed by atoms with Crippen molar-refractivity contribution in [1.82, 2.24) is 0 Å². The first-order valence-electron chi connectivity index (χ1n) is 20.1. The number of carbonyl (C=O) groups excluding carboxylic acids is 1. The summed E-state index contributed by atoms with van der Waals surface area (Å²) in [6.07, 6.45) is -50.6. The molecule has 0 aliphatic rings. The lowest BCUT2D eigenvalue weighted by molar-refractivity contribution is -0.144. The smallest absolute Gasteiger partial charge is 0.289 e. The van der Waals surface area contributed by atoms with E-state index in [1.165, 1.54) is 5.56 Å². The molecule has 5 aromatic rings. The molecular weight excluding hydrogens is 1070 g/mol. The van der Waals surface area contributed by atoms with Crippen molar-refractivity contribution >= 4 is 44.7 Å². The third-order valence-corrected chi connectivity index (χ3v) is 11.8. The summed E-state index contributed by atoms with van der Waals surface area (Å²) in [5.41, 5.74) is -27.9. The number of rotatable bonds is 7. The Bertz CT molecular complexity index is 2340. The first-order valence-corrected chi connectivity index (χ1v) is 22.3. The van der Waals surface area contributed by atoms with Gasteiger partial charge in [-0.25, -0.2) is 0 Å². The SMILES string of the molecule is C[S+](C)CC(=O)c1ccc(C(C)(C)C)cc1.FC(F)(F)c1cc([B-](c2cc(C(F)(F)F)cc(C(F)(F)F)c2)(c2cc(C(F)(F)F)cc(C(F)(F)F)c2)c2cc(C(F)(F)F)cc(C(F)(F)F)c2)cc(C(F)(F)F)c1. The van der Waals surface area contributed by atoms with Crippen molar-refractivity contribution < 1.29 is 110 Å². The predicted octanol–water partition coefficient (Wildman–Crippen LogP) is 14.3. The fourth-order valence-electron chi connectivity index (χ4n) is 7.57. The summed E-state index contributed by atoms with van der Waals surface area (Å²) >= 11 is 0. The van der Waals surface area contributed by atoms with Gasteiger partial charge < -0.3 is 0 Å². The predicted molar refractivity (Wildman–Crippen MR) is 224 cm³/mol. The highest BCUT2D eigenvalue weighted by molar-refractivity contribution is 7.96. The van der Waals surface area contributed by atoms with Gasteiger partial charge in [-0.05, 0) is 46.1 Å². The zero-order chi connectivity index (χ0) is 56.3. The number of halogens is 24. The Morgan fingerprint density at radius 3 is 0.685 bits per heavy atom. The van der Waals surface area contributed by atoms with E-state index in [9.17, 15) is 110 Å². The van der Waals surface area contributed by atoms with Gasteiger partial charge in [0.15, 0.2) is 5.75 Å². The average Bonchev–Trinajstić information content (AvgIpc) is 3.21. The molecule has 0 N–H and O–H groups in total. The highest BCUT2D eigenvalue weighted by Gasteiger charge is 2.47. The molecule has 0 amide bonds. The van der Waals surface area contributed by atoms with Crippen LogP contribution in [-0.2, 0) is 65.7 Å². The first kappa shape index (κ1) is 60.1. The molecule has 0 aromatic heterocycles. The van der Waals surface area contributed by atoms with Gasteiger partial charge in [0.25, 0.3) is 0 Å². The Balaban J connectivity index is 0.000000613. The highest BCUT2D eigenvalue weighted by Crippen LogP contribution is 2.41. The molecule has 400 valence electrons. The van der Waals surface area contributed by atoms with Gasteiger partial charge in [0, 0.05) is 5.56 Å². The van der Waals surface area contributed by atoms with Crippen molar-refractivity contribution in [1.29, 1.82) is 0 Å². The fraction of sp³-hybridized carbons (Fsp3) is 0.326. The summed E-state index contributed by atoms with van der Waals surface area (Å²) in [6, 6.07) is -0.770. The number of carbonyl (C=O) groups is 1. The quantitative estimate of drug-likeness (QED) is 0.0687. The lowest BCUT2D eigenvalue weighted by Gasteiger charge is -2.46. The Kier molecular flexibility index (Phi) is 16.4. The van der Waals surface area contributed by atoms with Crippen molar-refractivity contribution in [2.45, 2.75) is 75.6 Å². The van der Waals surface area contributed by atoms with Crippen LogP contribution in [0.15, 0.2) is 97.1 Å². The molecule has 0 aliphatic carbocycles. The van der Waals surface area contributed by atoms with Gasteiger partial charge in [-0.2, -0.15) is 127 Å². The topological polar surface area (TPSA) is 17.1 Å². The number of alkyl halides is 24. The second-order valence-electron chi connectivity index (χ2n) is 17.6. The molecule has 73 heavy (non-hydrogen) atoms. The molecule has 0 bridgehead atoms. The maximum atomic E-state index is 14.2. The summed E-state index contributed by atoms with van der Waals surface area (Å²) in [5, 5.41) is 0. The van der Waals surface area contributed by atoms with Crippen molar-refractivity contribution in [2.75, 3.05) is 18.3 Å². The van der Waals surface area contributed by atoms with Crippen LogP contribution >= 0.6 is 0 Å². The van der Waals surface area contributed by atoms with Crippen LogP contribution in [-0.4, -0.2) is 30.2 Å². The summed E-state index contributed by atoms with van der Waals surface area (Å²) in [7, 11) is 0.182. The van der Waals surface area contributed by atoms with E-state index in [4.69, 9.17) is 0 Å². The van der Waals surface area contributed by atoms with Gasteiger partial charge in [0.2, 0.25) is 5.78 Å². The summed E-state index contributed by atoms with van der Waals surface area (Å²) < 4.78 is 341. The van der Waals surface area contributed by atoms with Crippen LogP contribution in [0.3, 0.4) is 0 Å². The third-order valence-electron chi connectivity index (χ3n) is 10.9. The van der Waals surface area contributed by atoms with Crippen LogP contribution in [0.2, 0.25) is 0 Å². The van der Waals surface area contributed by atoms with E-state index in [-0.39, 0.29) is 22.1 Å². The fourth-order valence-corrected chi connectivity index (χ4v) is 8.26. The number of benzene rings is 5. The number of ketones is 1. The largest absolute Gasteiger partial charge is 0.416 e. The molecule has 0 fully saturated rings. The zero-order valence-corrected chi connectivity index (χ0v) is 38.2.